The molecule has 14 heavy (non-hydrogen) atoms. The standard InChI is InChI=1S/C12H15NS/c13-8-12(11-6-7-14-9-11)10-4-2-1-3-5-10/h6-7,9-10,12H,1-5H2. The van der Waals surface area contributed by atoms with Crippen LogP contribution in [0.2, 0.25) is 0 Å². The highest BCUT2D eigenvalue weighted by molar-refractivity contribution is 7.08. The van der Waals surface area contributed by atoms with E-state index >= 15 is 0 Å². The smallest absolute Gasteiger partial charge is 0.0748 e. The van der Waals surface area contributed by atoms with Gasteiger partial charge in [-0.1, -0.05) is 19.3 Å². The Hall–Kier alpha value is -0.810. The maximum atomic E-state index is 9.20. The van der Waals surface area contributed by atoms with Crippen LogP contribution < -0.4 is 0 Å². The van der Waals surface area contributed by atoms with Crippen molar-refractivity contribution >= 4 is 11.3 Å². The molecule has 74 valence electrons. The third-order valence-corrected chi connectivity index (χ3v) is 3.86. The Kier molecular flexibility index (Phi) is 3.21. The Morgan fingerprint density at radius 1 is 1.36 bits per heavy atom. The van der Waals surface area contributed by atoms with Gasteiger partial charge in [-0.05, 0) is 41.1 Å². The van der Waals surface area contributed by atoms with Gasteiger partial charge in [0.05, 0.1) is 12.0 Å². The van der Waals surface area contributed by atoms with Crippen LogP contribution in [0, 0.1) is 17.2 Å². The molecule has 2 heteroatoms. The average molecular weight is 205 g/mol. The van der Waals surface area contributed by atoms with E-state index in [0.717, 1.165) is 0 Å². The second kappa shape index (κ2) is 4.61. The molecule has 1 saturated carbocycles. The van der Waals surface area contributed by atoms with Crippen LogP contribution in [0.15, 0.2) is 16.8 Å². The molecule has 2 rings (SSSR count). The number of nitrogens with zero attached hydrogens (tertiary/aromatic N) is 1. The summed E-state index contributed by atoms with van der Waals surface area (Å²) >= 11 is 1.70. The molecule has 1 nitrogen and oxygen atoms in total. The maximum Gasteiger partial charge on any atom is 0.0748 e. The Morgan fingerprint density at radius 2 is 2.14 bits per heavy atom. The first-order chi connectivity index (χ1) is 6.92. The van der Waals surface area contributed by atoms with Crippen molar-refractivity contribution in [2.75, 3.05) is 0 Å². The summed E-state index contributed by atoms with van der Waals surface area (Å²) in [5.74, 6) is 0.768. The van der Waals surface area contributed by atoms with Gasteiger partial charge in [-0.25, -0.2) is 0 Å². The lowest BCUT2D eigenvalue weighted by molar-refractivity contribution is 0.336. The van der Waals surface area contributed by atoms with Gasteiger partial charge in [0.15, 0.2) is 0 Å². The molecule has 0 radical (unpaired) electrons. The van der Waals surface area contributed by atoms with Gasteiger partial charge in [-0.15, -0.1) is 0 Å². The van der Waals surface area contributed by atoms with Gasteiger partial charge in [-0.2, -0.15) is 16.6 Å². The third kappa shape index (κ3) is 1.99. The van der Waals surface area contributed by atoms with E-state index in [1.165, 1.54) is 37.7 Å². The van der Waals surface area contributed by atoms with Crippen molar-refractivity contribution in [1.29, 1.82) is 5.26 Å². The molecule has 0 aliphatic heterocycles. The van der Waals surface area contributed by atoms with Gasteiger partial charge in [0, 0.05) is 0 Å². The van der Waals surface area contributed by atoms with Gasteiger partial charge in [-0.3, -0.25) is 0 Å². The van der Waals surface area contributed by atoms with E-state index < -0.39 is 0 Å². The van der Waals surface area contributed by atoms with Gasteiger partial charge < -0.3 is 0 Å². The number of thiophene rings is 1. The summed E-state index contributed by atoms with van der Waals surface area (Å²) in [6.07, 6.45) is 6.47. The molecule has 1 fully saturated rings. The van der Waals surface area contributed by atoms with Crippen molar-refractivity contribution in [2.24, 2.45) is 5.92 Å². The number of nitriles is 1. The quantitative estimate of drug-likeness (QED) is 0.717. The summed E-state index contributed by atoms with van der Waals surface area (Å²) in [5, 5.41) is 13.4. The highest BCUT2D eigenvalue weighted by atomic mass is 32.1. The Labute approximate surface area is 89.4 Å². The molecular formula is C12H15NS. The first kappa shape index (κ1) is 9.73. The number of rotatable bonds is 2. The van der Waals surface area contributed by atoms with Crippen molar-refractivity contribution in [3.8, 4) is 6.07 Å². The molecule has 0 N–H and O–H groups in total. The normalized spacial score (nSPS) is 20.2. The first-order valence-electron chi connectivity index (χ1n) is 5.33. The summed E-state index contributed by atoms with van der Waals surface area (Å²) in [6, 6.07) is 4.59. The summed E-state index contributed by atoms with van der Waals surface area (Å²) in [4.78, 5) is 0. The van der Waals surface area contributed by atoms with Crippen LogP contribution in [0.4, 0.5) is 0 Å². The van der Waals surface area contributed by atoms with Crippen molar-refractivity contribution in [3.63, 3.8) is 0 Å². The summed E-state index contributed by atoms with van der Waals surface area (Å²) < 4.78 is 0. The minimum Gasteiger partial charge on any atom is -0.198 e. The minimum absolute atomic E-state index is 0.154. The minimum atomic E-state index is 0.154. The van der Waals surface area contributed by atoms with Crippen molar-refractivity contribution in [1.82, 2.24) is 0 Å². The fourth-order valence-electron chi connectivity index (χ4n) is 2.37. The second-order valence-corrected chi connectivity index (χ2v) is 4.84. The molecule has 0 amide bonds. The van der Waals surface area contributed by atoms with Crippen LogP contribution >= 0.6 is 11.3 Å². The molecule has 1 unspecified atom stereocenters. The van der Waals surface area contributed by atoms with Crippen LogP contribution in [0.25, 0.3) is 0 Å². The molecule has 0 saturated heterocycles. The SMILES string of the molecule is N#CC(c1ccsc1)C1CCCCC1. The summed E-state index contributed by atoms with van der Waals surface area (Å²) in [6.45, 7) is 0. The zero-order valence-electron chi connectivity index (χ0n) is 8.28. The zero-order chi connectivity index (χ0) is 9.80. The van der Waals surface area contributed by atoms with Crippen molar-refractivity contribution < 1.29 is 0 Å². The molecule has 1 aromatic rings. The lowest BCUT2D eigenvalue weighted by atomic mass is 9.78. The van der Waals surface area contributed by atoms with Gasteiger partial charge in [0.1, 0.15) is 0 Å². The first-order valence-corrected chi connectivity index (χ1v) is 6.28. The van der Waals surface area contributed by atoms with E-state index in [1.54, 1.807) is 11.3 Å². The van der Waals surface area contributed by atoms with E-state index in [4.69, 9.17) is 0 Å². The van der Waals surface area contributed by atoms with E-state index in [9.17, 15) is 5.26 Å². The predicted octanol–water partition coefficient (Wildman–Crippen LogP) is 3.94. The van der Waals surface area contributed by atoms with E-state index in [2.05, 4.69) is 22.9 Å². The monoisotopic (exact) mass is 205 g/mol. The Morgan fingerprint density at radius 3 is 2.71 bits per heavy atom. The molecule has 1 heterocycles. The van der Waals surface area contributed by atoms with Crippen LogP contribution in [0.1, 0.15) is 43.6 Å². The van der Waals surface area contributed by atoms with Crippen molar-refractivity contribution in [2.45, 2.75) is 38.0 Å². The van der Waals surface area contributed by atoms with Gasteiger partial charge >= 0.3 is 0 Å². The van der Waals surface area contributed by atoms with Crippen molar-refractivity contribution in [3.05, 3.63) is 22.4 Å². The van der Waals surface area contributed by atoms with Crippen LogP contribution in [-0.4, -0.2) is 0 Å². The zero-order valence-corrected chi connectivity index (χ0v) is 9.09. The lowest BCUT2D eigenvalue weighted by Crippen LogP contribution is -2.14. The highest BCUT2D eigenvalue weighted by Gasteiger charge is 2.24. The number of hydrogen-bond donors (Lipinski definition) is 0. The molecular weight excluding hydrogens is 190 g/mol. The summed E-state index contributed by atoms with van der Waals surface area (Å²) in [5.41, 5.74) is 1.24. The fraction of sp³-hybridized carbons (Fsp3) is 0.583. The molecule has 1 aromatic heterocycles. The Balaban J connectivity index is 2.09. The third-order valence-electron chi connectivity index (χ3n) is 3.16. The predicted molar refractivity (Wildman–Crippen MR) is 59.2 cm³/mol. The van der Waals surface area contributed by atoms with E-state index in [1.807, 2.05) is 0 Å². The molecule has 1 aliphatic carbocycles. The van der Waals surface area contributed by atoms with Crippen LogP contribution in [0.5, 0.6) is 0 Å². The molecule has 1 aliphatic rings. The highest BCUT2D eigenvalue weighted by Crippen LogP contribution is 2.36. The number of hydrogen-bond acceptors (Lipinski definition) is 2. The second-order valence-electron chi connectivity index (χ2n) is 4.06. The maximum absolute atomic E-state index is 9.20. The molecule has 0 aromatic carbocycles. The molecule has 1 atom stereocenters. The fourth-order valence-corrected chi connectivity index (χ4v) is 3.07. The lowest BCUT2D eigenvalue weighted by Gasteiger charge is -2.25. The Bertz CT molecular complexity index is 304. The topological polar surface area (TPSA) is 23.8 Å². The van der Waals surface area contributed by atoms with Crippen LogP contribution in [-0.2, 0) is 0 Å². The van der Waals surface area contributed by atoms with E-state index in [0.29, 0.717) is 5.92 Å². The largest absolute Gasteiger partial charge is 0.198 e. The molecule has 0 spiro atoms. The van der Waals surface area contributed by atoms with Crippen LogP contribution in [0.3, 0.4) is 0 Å². The summed E-state index contributed by atoms with van der Waals surface area (Å²) in [7, 11) is 0. The average Bonchev–Trinajstić information content (AvgIpc) is 2.74. The van der Waals surface area contributed by atoms with Gasteiger partial charge in [0.2, 0.25) is 0 Å². The van der Waals surface area contributed by atoms with E-state index in [-0.39, 0.29) is 5.92 Å². The van der Waals surface area contributed by atoms with Gasteiger partial charge in [0.25, 0.3) is 0 Å². The molecule has 0 bridgehead atoms.